The van der Waals surface area contributed by atoms with Gasteiger partial charge in [-0.25, -0.2) is 4.79 Å². The molecule has 0 aliphatic rings. The number of phenols is 1. The number of nitrogens with zero attached hydrogens (tertiary/aromatic N) is 1. The number of benzene rings is 1. The SMILES string of the molecule is CCn1c(C(=O)O)c(C)c2c(C)ccc(O)c21. The Labute approximate surface area is 99.1 Å². The molecule has 0 fully saturated rings. The molecule has 0 unspecified atom stereocenters. The van der Waals surface area contributed by atoms with E-state index < -0.39 is 5.97 Å². The molecule has 4 heteroatoms. The van der Waals surface area contributed by atoms with Gasteiger partial charge in [0.2, 0.25) is 0 Å². The number of aromatic hydroxyl groups is 1. The number of phenolic OH excluding ortho intramolecular Hbond substituents is 1. The quantitative estimate of drug-likeness (QED) is 0.838. The minimum absolute atomic E-state index is 0.128. The highest BCUT2D eigenvalue weighted by Gasteiger charge is 2.21. The summed E-state index contributed by atoms with van der Waals surface area (Å²) in [7, 11) is 0. The molecule has 1 aromatic carbocycles. The average molecular weight is 233 g/mol. The summed E-state index contributed by atoms with van der Waals surface area (Å²) >= 11 is 0. The highest BCUT2D eigenvalue weighted by Crippen LogP contribution is 2.34. The van der Waals surface area contributed by atoms with Crippen molar-refractivity contribution in [3.05, 3.63) is 29.0 Å². The fourth-order valence-electron chi connectivity index (χ4n) is 2.45. The summed E-state index contributed by atoms with van der Waals surface area (Å²) in [5, 5.41) is 20.0. The van der Waals surface area contributed by atoms with Crippen molar-refractivity contribution in [2.24, 2.45) is 0 Å². The van der Waals surface area contributed by atoms with E-state index in [2.05, 4.69) is 0 Å². The Morgan fingerprint density at radius 2 is 2.00 bits per heavy atom. The van der Waals surface area contributed by atoms with E-state index in [-0.39, 0.29) is 11.4 Å². The van der Waals surface area contributed by atoms with Gasteiger partial charge in [0.15, 0.2) is 0 Å². The van der Waals surface area contributed by atoms with Crippen LogP contribution < -0.4 is 0 Å². The monoisotopic (exact) mass is 233 g/mol. The third-order valence-electron chi connectivity index (χ3n) is 3.15. The number of aromatic nitrogens is 1. The van der Waals surface area contributed by atoms with Crippen molar-refractivity contribution in [3.8, 4) is 5.75 Å². The zero-order chi connectivity index (χ0) is 12.7. The average Bonchev–Trinajstić information content (AvgIpc) is 2.58. The number of carboxylic acids is 1. The normalized spacial score (nSPS) is 11.0. The maximum absolute atomic E-state index is 11.3. The Bertz CT molecular complexity index is 611. The summed E-state index contributed by atoms with van der Waals surface area (Å²) in [5.41, 5.74) is 2.56. The first-order valence-corrected chi connectivity index (χ1v) is 5.53. The molecule has 4 nitrogen and oxygen atoms in total. The van der Waals surface area contributed by atoms with E-state index in [9.17, 15) is 15.0 Å². The summed E-state index contributed by atoms with van der Waals surface area (Å²) < 4.78 is 1.65. The van der Waals surface area contributed by atoms with E-state index >= 15 is 0 Å². The standard InChI is InChI=1S/C13H15NO3/c1-4-14-11(13(16)17)8(3)10-7(2)5-6-9(15)12(10)14/h5-6,15H,4H2,1-3H3,(H,16,17). The van der Waals surface area contributed by atoms with Crippen molar-refractivity contribution in [1.29, 1.82) is 0 Å². The van der Waals surface area contributed by atoms with Crippen LogP contribution in [-0.4, -0.2) is 20.7 Å². The lowest BCUT2D eigenvalue weighted by molar-refractivity contribution is 0.0685. The van der Waals surface area contributed by atoms with Crippen molar-refractivity contribution < 1.29 is 15.0 Å². The van der Waals surface area contributed by atoms with Crippen LogP contribution in [0.3, 0.4) is 0 Å². The first-order chi connectivity index (χ1) is 7.99. The van der Waals surface area contributed by atoms with Gasteiger partial charge in [0.25, 0.3) is 0 Å². The van der Waals surface area contributed by atoms with Gasteiger partial charge in [0, 0.05) is 11.9 Å². The number of carbonyl (C=O) groups is 1. The second kappa shape index (κ2) is 3.80. The van der Waals surface area contributed by atoms with E-state index in [4.69, 9.17) is 0 Å². The number of fused-ring (bicyclic) bond motifs is 1. The molecular weight excluding hydrogens is 218 g/mol. The molecular formula is C13H15NO3. The van der Waals surface area contributed by atoms with Crippen molar-refractivity contribution in [2.75, 3.05) is 0 Å². The van der Waals surface area contributed by atoms with E-state index in [1.54, 1.807) is 23.6 Å². The fourth-order valence-corrected chi connectivity index (χ4v) is 2.45. The van der Waals surface area contributed by atoms with Crippen LogP contribution in [0.15, 0.2) is 12.1 Å². The second-order valence-electron chi connectivity index (χ2n) is 4.15. The highest BCUT2D eigenvalue weighted by atomic mass is 16.4. The van der Waals surface area contributed by atoms with Crippen LogP contribution in [0.2, 0.25) is 0 Å². The Morgan fingerprint density at radius 3 is 2.53 bits per heavy atom. The molecule has 0 radical (unpaired) electrons. The van der Waals surface area contributed by atoms with E-state index in [0.29, 0.717) is 17.6 Å². The summed E-state index contributed by atoms with van der Waals surface area (Å²) in [4.78, 5) is 11.3. The van der Waals surface area contributed by atoms with Crippen LogP contribution in [0.25, 0.3) is 10.9 Å². The lowest BCUT2D eigenvalue weighted by atomic mass is 10.1. The lowest BCUT2D eigenvalue weighted by Crippen LogP contribution is -2.08. The zero-order valence-electron chi connectivity index (χ0n) is 10.1. The van der Waals surface area contributed by atoms with Crippen molar-refractivity contribution in [3.63, 3.8) is 0 Å². The Hall–Kier alpha value is -1.97. The Balaban J connectivity index is 3.04. The molecule has 1 heterocycles. The van der Waals surface area contributed by atoms with Crippen LogP contribution in [0.4, 0.5) is 0 Å². The maximum atomic E-state index is 11.3. The van der Waals surface area contributed by atoms with Gasteiger partial charge < -0.3 is 14.8 Å². The fraction of sp³-hybridized carbons (Fsp3) is 0.308. The van der Waals surface area contributed by atoms with Gasteiger partial charge in [-0.3, -0.25) is 0 Å². The molecule has 0 aliphatic carbocycles. The third kappa shape index (κ3) is 1.48. The van der Waals surface area contributed by atoms with Gasteiger partial charge in [0.1, 0.15) is 11.4 Å². The largest absolute Gasteiger partial charge is 0.506 e. The van der Waals surface area contributed by atoms with E-state index in [0.717, 1.165) is 10.9 Å². The lowest BCUT2D eigenvalue weighted by Gasteiger charge is -2.06. The number of carboxylic acid groups (broad SMARTS) is 1. The van der Waals surface area contributed by atoms with Gasteiger partial charge in [-0.05, 0) is 38.0 Å². The van der Waals surface area contributed by atoms with Gasteiger partial charge >= 0.3 is 5.97 Å². The predicted octanol–water partition coefficient (Wildman–Crippen LogP) is 2.68. The smallest absolute Gasteiger partial charge is 0.352 e. The molecule has 0 amide bonds. The van der Waals surface area contributed by atoms with Crippen LogP contribution in [-0.2, 0) is 6.54 Å². The van der Waals surface area contributed by atoms with Gasteiger partial charge in [-0.1, -0.05) is 6.07 Å². The van der Waals surface area contributed by atoms with Crippen LogP contribution in [0.5, 0.6) is 5.75 Å². The predicted molar refractivity (Wildman–Crippen MR) is 65.7 cm³/mol. The summed E-state index contributed by atoms with van der Waals surface area (Å²) in [6.07, 6.45) is 0. The molecule has 90 valence electrons. The topological polar surface area (TPSA) is 62.5 Å². The maximum Gasteiger partial charge on any atom is 0.352 e. The zero-order valence-corrected chi connectivity index (χ0v) is 10.1. The first-order valence-electron chi connectivity index (χ1n) is 5.53. The van der Waals surface area contributed by atoms with Crippen LogP contribution in [0, 0.1) is 13.8 Å². The molecule has 0 aliphatic heterocycles. The second-order valence-corrected chi connectivity index (χ2v) is 4.15. The number of aryl methyl sites for hydroxylation is 3. The van der Waals surface area contributed by atoms with Crippen LogP contribution in [0.1, 0.15) is 28.5 Å². The molecule has 2 aromatic rings. The minimum atomic E-state index is -0.959. The van der Waals surface area contributed by atoms with Crippen molar-refractivity contribution in [1.82, 2.24) is 4.57 Å². The minimum Gasteiger partial charge on any atom is -0.506 e. The molecule has 0 bridgehead atoms. The third-order valence-corrected chi connectivity index (χ3v) is 3.15. The molecule has 0 spiro atoms. The number of aromatic carboxylic acids is 1. The van der Waals surface area contributed by atoms with E-state index in [1.165, 1.54) is 0 Å². The summed E-state index contributed by atoms with van der Waals surface area (Å²) in [5.74, 6) is -0.831. The number of hydrogen-bond acceptors (Lipinski definition) is 2. The summed E-state index contributed by atoms with van der Waals surface area (Å²) in [6.45, 7) is 6.08. The van der Waals surface area contributed by atoms with Crippen molar-refractivity contribution >= 4 is 16.9 Å². The number of hydrogen-bond donors (Lipinski definition) is 2. The van der Waals surface area contributed by atoms with Crippen LogP contribution >= 0.6 is 0 Å². The Morgan fingerprint density at radius 1 is 1.35 bits per heavy atom. The van der Waals surface area contributed by atoms with Crippen molar-refractivity contribution in [2.45, 2.75) is 27.3 Å². The molecule has 2 N–H and O–H groups in total. The Kier molecular flexibility index (Phi) is 2.58. The summed E-state index contributed by atoms with van der Waals surface area (Å²) in [6, 6.07) is 3.41. The van der Waals surface area contributed by atoms with Gasteiger partial charge in [-0.15, -0.1) is 0 Å². The number of rotatable bonds is 2. The molecule has 2 rings (SSSR count). The van der Waals surface area contributed by atoms with E-state index in [1.807, 2.05) is 13.8 Å². The molecule has 0 saturated heterocycles. The molecule has 0 saturated carbocycles. The molecule has 0 atom stereocenters. The first kappa shape index (κ1) is 11.5. The molecule has 1 aromatic heterocycles. The van der Waals surface area contributed by atoms with Gasteiger partial charge in [-0.2, -0.15) is 0 Å². The molecule has 17 heavy (non-hydrogen) atoms. The highest BCUT2D eigenvalue weighted by molar-refractivity contribution is 6.01. The van der Waals surface area contributed by atoms with Gasteiger partial charge in [0.05, 0.1) is 5.52 Å².